The molecule has 10 nitrogen and oxygen atoms in total. The number of H-pyrrole nitrogens is 2. The highest BCUT2D eigenvalue weighted by molar-refractivity contribution is 5.57. The van der Waals surface area contributed by atoms with Crippen LogP contribution in [0.1, 0.15) is 43.5 Å². The summed E-state index contributed by atoms with van der Waals surface area (Å²) in [7, 11) is 0. The third kappa shape index (κ3) is 3.91. The van der Waals surface area contributed by atoms with Crippen LogP contribution in [0.2, 0.25) is 0 Å². The zero-order valence-corrected chi connectivity index (χ0v) is 16.9. The standard InChI is InChI=1S/C21H22N8O2/c1-2-15(12-6-4-3-5-7-12)24-19-26-17-13(10-16-18(30)27-21(31)25-16)11-22-29(17)20(28-19)23-14-8-9-14/h3-7,10-11,14-15,30H,2,8-9H2,1H3,(H,23,24,28)(H2,25,27,31)/b13-10-. The summed E-state index contributed by atoms with van der Waals surface area (Å²) >= 11 is 0. The van der Waals surface area contributed by atoms with Gasteiger partial charge in [-0.1, -0.05) is 37.3 Å². The van der Waals surface area contributed by atoms with Gasteiger partial charge in [-0.2, -0.15) is 19.6 Å². The molecule has 1 aromatic carbocycles. The number of nitrogens with one attached hydrogen (secondary N) is 3. The first-order valence-corrected chi connectivity index (χ1v) is 10.2. The molecule has 4 aromatic rings. The second kappa shape index (κ2) is 7.71. The van der Waals surface area contributed by atoms with Gasteiger partial charge >= 0.3 is 5.69 Å². The van der Waals surface area contributed by atoms with E-state index in [1.807, 2.05) is 18.2 Å². The average Bonchev–Trinajstić information content (AvgIpc) is 3.41. The molecule has 1 saturated carbocycles. The first-order chi connectivity index (χ1) is 15.1. The molecule has 0 radical (unpaired) electrons. The summed E-state index contributed by atoms with van der Waals surface area (Å²) in [4.78, 5) is 30.3. The van der Waals surface area contributed by atoms with E-state index in [1.54, 1.807) is 16.8 Å². The lowest BCUT2D eigenvalue weighted by molar-refractivity contribution is 0.454. The smallest absolute Gasteiger partial charge is 0.326 e. The van der Waals surface area contributed by atoms with Gasteiger partial charge in [-0.25, -0.2) is 9.79 Å². The van der Waals surface area contributed by atoms with E-state index < -0.39 is 5.69 Å². The van der Waals surface area contributed by atoms with Crippen LogP contribution in [-0.4, -0.2) is 40.7 Å². The third-order valence-electron chi connectivity index (χ3n) is 5.17. The van der Waals surface area contributed by atoms with Crippen LogP contribution in [0, 0.1) is 0 Å². The Hall–Kier alpha value is -3.95. The van der Waals surface area contributed by atoms with Crippen LogP contribution in [0.15, 0.2) is 46.3 Å². The van der Waals surface area contributed by atoms with E-state index in [-0.39, 0.29) is 23.7 Å². The molecule has 1 unspecified atom stereocenters. The first kappa shape index (κ1) is 19.0. The Balaban J connectivity index is 1.64. The lowest BCUT2D eigenvalue weighted by atomic mass is 10.1. The zero-order valence-electron chi connectivity index (χ0n) is 16.9. The SMILES string of the molecule is CCC(Nc1nc(=NC2CC2)n2nc/c(=C/c3[nH]c(=O)[nH]c3O)c2n1)c1ccccc1. The minimum Gasteiger partial charge on any atom is -0.493 e. The summed E-state index contributed by atoms with van der Waals surface area (Å²) in [6, 6.07) is 10.4. The summed E-state index contributed by atoms with van der Waals surface area (Å²) in [5.41, 5.74) is 1.91. The predicted octanol–water partition coefficient (Wildman–Crippen LogP) is 1.02. The van der Waals surface area contributed by atoms with Crippen molar-refractivity contribution in [2.24, 2.45) is 4.99 Å². The van der Waals surface area contributed by atoms with Gasteiger partial charge in [0, 0.05) is 5.22 Å². The van der Waals surface area contributed by atoms with Gasteiger partial charge in [0.05, 0.1) is 18.3 Å². The van der Waals surface area contributed by atoms with Crippen LogP contribution < -0.4 is 21.8 Å². The normalized spacial score (nSPS) is 16.2. The van der Waals surface area contributed by atoms with Gasteiger partial charge in [-0.3, -0.25) is 4.98 Å². The molecule has 158 valence electrons. The number of rotatable bonds is 6. The molecule has 0 aliphatic heterocycles. The van der Waals surface area contributed by atoms with E-state index in [1.165, 1.54) is 0 Å². The fourth-order valence-electron chi connectivity index (χ4n) is 3.41. The zero-order chi connectivity index (χ0) is 21.4. The minimum absolute atomic E-state index is 0.0397. The maximum absolute atomic E-state index is 11.5. The Morgan fingerprint density at radius 2 is 2.10 bits per heavy atom. The van der Waals surface area contributed by atoms with Crippen molar-refractivity contribution >= 4 is 17.7 Å². The number of hydrogen-bond donors (Lipinski definition) is 4. The minimum atomic E-state index is -0.490. The molecule has 0 saturated heterocycles. The molecule has 1 aliphatic rings. The number of aromatic hydroxyl groups is 1. The van der Waals surface area contributed by atoms with E-state index in [2.05, 4.69) is 54.4 Å². The second-order valence-corrected chi connectivity index (χ2v) is 7.54. The highest BCUT2D eigenvalue weighted by atomic mass is 16.3. The lowest BCUT2D eigenvalue weighted by Crippen LogP contribution is -2.25. The Morgan fingerprint density at radius 1 is 1.29 bits per heavy atom. The van der Waals surface area contributed by atoms with E-state index in [0.29, 0.717) is 22.4 Å². The van der Waals surface area contributed by atoms with Gasteiger partial charge in [0.1, 0.15) is 5.69 Å². The number of imidazole rings is 1. The summed E-state index contributed by atoms with van der Waals surface area (Å²) in [5.74, 6) is 0.208. The fraction of sp³-hybridized carbons (Fsp3) is 0.286. The Kier molecular flexibility index (Phi) is 4.73. The topological polar surface area (TPSA) is 136 Å². The molecule has 5 rings (SSSR count). The van der Waals surface area contributed by atoms with Crippen molar-refractivity contribution in [3.8, 4) is 5.88 Å². The van der Waals surface area contributed by atoms with Crippen LogP contribution >= 0.6 is 0 Å². The van der Waals surface area contributed by atoms with Crippen molar-refractivity contribution in [1.29, 1.82) is 0 Å². The number of nitrogens with zero attached hydrogens (tertiary/aromatic N) is 5. The van der Waals surface area contributed by atoms with Gasteiger partial charge in [-0.15, -0.1) is 0 Å². The van der Waals surface area contributed by atoms with Crippen LogP contribution in [-0.2, 0) is 0 Å². The number of aromatic nitrogens is 6. The lowest BCUT2D eigenvalue weighted by Gasteiger charge is -2.17. The van der Waals surface area contributed by atoms with E-state index >= 15 is 0 Å². The van der Waals surface area contributed by atoms with Gasteiger partial charge < -0.3 is 15.4 Å². The first-order valence-electron chi connectivity index (χ1n) is 10.2. The number of anilines is 1. The molecule has 31 heavy (non-hydrogen) atoms. The van der Waals surface area contributed by atoms with Crippen LogP contribution in [0.4, 0.5) is 5.95 Å². The molecule has 0 spiro atoms. The quantitative estimate of drug-likeness (QED) is 0.369. The summed E-state index contributed by atoms with van der Waals surface area (Å²) < 4.78 is 1.58. The monoisotopic (exact) mass is 418 g/mol. The van der Waals surface area contributed by atoms with Gasteiger partial charge in [0.2, 0.25) is 11.8 Å². The second-order valence-electron chi connectivity index (χ2n) is 7.54. The van der Waals surface area contributed by atoms with Crippen LogP contribution in [0.3, 0.4) is 0 Å². The number of aromatic amines is 2. The maximum atomic E-state index is 11.5. The predicted molar refractivity (Wildman–Crippen MR) is 114 cm³/mol. The fourth-order valence-corrected chi connectivity index (χ4v) is 3.41. The third-order valence-corrected chi connectivity index (χ3v) is 5.17. The molecule has 1 aliphatic carbocycles. The highest BCUT2D eigenvalue weighted by Crippen LogP contribution is 2.23. The summed E-state index contributed by atoms with van der Waals surface area (Å²) in [6.07, 6.45) is 6.15. The molecular formula is C21H22N8O2. The van der Waals surface area contributed by atoms with E-state index in [9.17, 15) is 9.90 Å². The van der Waals surface area contributed by atoms with Crippen molar-refractivity contribution in [1.82, 2.24) is 29.5 Å². The Bertz CT molecular complexity index is 1400. The van der Waals surface area contributed by atoms with Crippen LogP contribution in [0.5, 0.6) is 5.88 Å². The molecule has 1 fully saturated rings. The van der Waals surface area contributed by atoms with Gasteiger partial charge in [0.25, 0.3) is 5.62 Å². The highest BCUT2D eigenvalue weighted by Gasteiger charge is 2.21. The summed E-state index contributed by atoms with van der Waals surface area (Å²) in [6.45, 7) is 2.10. The van der Waals surface area contributed by atoms with E-state index in [0.717, 1.165) is 24.8 Å². The molecular weight excluding hydrogens is 396 g/mol. The molecule has 3 aromatic heterocycles. The van der Waals surface area contributed by atoms with Gasteiger partial charge in [0.15, 0.2) is 5.65 Å². The molecule has 3 heterocycles. The number of benzene rings is 1. The Labute approximate surface area is 176 Å². The van der Waals surface area contributed by atoms with Crippen molar-refractivity contribution in [3.63, 3.8) is 0 Å². The number of hydrogen-bond acceptors (Lipinski definition) is 7. The van der Waals surface area contributed by atoms with Crippen molar-refractivity contribution in [2.75, 3.05) is 5.32 Å². The van der Waals surface area contributed by atoms with E-state index in [4.69, 9.17) is 0 Å². The molecule has 10 heteroatoms. The molecule has 1 atom stereocenters. The van der Waals surface area contributed by atoms with Crippen LogP contribution in [0.25, 0.3) is 11.7 Å². The van der Waals surface area contributed by atoms with Crippen molar-refractivity contribution in [3.05, 3.63) is 69.1 Å². The van der Waals surface area contributed by atoms with Crippen molar-refractivity contribution < 1.29 is 5.11 Å². The summed E-state index contributed by atoms with van der Waals surface area (Å²) in [5, 5.41) is 18.3. The molecule has 0 amide bonds. The largest absolute Gasteiger partial charge is 0.493 e. The van der Waals surface area contributed by atoms with Gasteiger partial charge in [-0.05, 0) is 30.9 Å². The maximum Gasteiger partial charge on any atom is 0.326 e. The number of fused-ring (bicyclic) bond motifs is 1. The molecule has 0 bridgehead atoms. The van der Waals surface area contributed by atoms with Crippen molar-refractivity contribution in [2.45, 2.75) is 38.3 Å². The molecule has 4 N–H and O–H groups in total. The average molecular weight is 418 g/mol. The Morgan fingerprint density at radius 3 is 2.77 bits per heavy atom.